The average molecular weight is 349 g/mol. The van der Waals surface area contributed by atoms with Crippen molar-refractivity contribution in [1.82, 2.24) is 5.32 Å². The number of non-ortho nitro benzene ring substituents is 1. The molecule has 0 aliphatic rings. The summed E-state index contributed by atoms with van der Waals surface area (Å²) in [5.74, 6) is 0.239. The highest BCUT2D eigenvalue weighted by molar-refractivity contribution is 6.33. The summed E-state index contributed by atoms with van der Waals surface area (Å²) >= 11 is 5.92. The van der Waals surface area contributed by atoms with Crippen LogP contribution in [0.2, 0.25) is 5.02 Å². The maximum atomic E-state index is 12.1. The zero-order valence-electron chi connectivity index (χ0n) is 13.1. The first-order valence-electron chi connectivity index (χ1n) is 7.45. The van der Waals surface area contributed by atoms with E-state index in [-0.39, 0.29) is 29.4 Å². The Morgan fingerprint density at radius 3 is 2.58 bits per heavy atom. The lowest BCUT2D eigenvalue weighted by molar-refractivity contribution is -0.384. The molecule has 0 saturated carbocycles. The number of nitro groups is 1. The first-order valence-corrected chi connectivity index (χ1v) is 7.83. The van der Waals surface area contributed by atoms with E-state index < -0.39 is 10.8 Å². The zero-order chi connectivity index (χ0) is 17.5. The van der Waals surface area contributed by atoms with Crippen LogP contribution in [0.5, 0.6) is 5.75 Å². The minimum atomic E-state index is -0.573. The summed E-state index contributed by atoms with van der Waals surface area (Å²) in [6, 6.07) is 11.5. The van der Waals surface area contributed by atoms with Crippen molar-refractivity contribution in [2.45, 2.75) is 13.3 Å². The highest BCUT2D eigenvalue weighted by Crippen LogP contribution is 2.21. The number of halogens is 1. The lowest BCUT2D eigenvalue weighted by Gasteiger charge is -2.09. The van der Waals surface area contributed by atoms with E-state index in [0.717, 1.165) is 18.2 Å². The molecule has 0 aliphatic carbocycles. The van der Waals surface area contributed by atoms with E-state index in [2.05, 4.69) is 12.2 Å². The number of aryl methyl sites for hydroxylation is 1. The number of carbonyl (C=O) groups excluding carboxylic acids is 1. The molecular weight excluding hydrogens is 332 g/mol. The molecule has 1 N–H and O–H groups in total. The zero-order valence-corrected chi connectivity index (χ0v) is 13.9. The first kappa shape index (κ1) is 17.7. The van der Waals surface area contributed by atoms with Crippen molar-refractivity contribution >= 4 is 23.2 Å². The number of hydrogen-bond donors (Lipinski definition) is 1. The molecule has 0 aromatic heterocycles. The fourth-order valence-corrected chi connectivity index (χ4v) is 2.25. The Balaban J connectivity index is 1.86. The Morgan fingerprint density at radius 1 is 1.25 bits per heavy atom. The van der Waals surface area contributed by atoms with E-state index in [4.69, 9.17) is 16.3 Å². The van der Waals surface area contributed by atoms with Crippen LogP contribution in [0.3, 0.4) is 0 Å². The van der Waals surface area contributed by atoms with Gasteiger partial charge in [-0.1, -0.05) is 30.7 Å². The Labute approximate surface area is 144 Å². The molecule has 0 fully saturated rings. The van der Waals surface area contributed by atoms with E-state index in [1.54, 1.807) is 0 Å². The van der Waals surface area contributed by atoms with Gasteiger partial charge in [0.1, 0.15) is 12.4 Å². The van der Waals surface area contributed by atoms with Crippen LogP contribution in [0.25, 0.3) is 0 Å². The van der Waals surface area contributed by atoms with Gasteiger partial charge < -0.3 is 10.1 Å². The molecule has 0 bridgehead atoms. The molecule has 2 rings (SSSR count). The van der Waals surface area contributed by atoms with Crippen molar-refractivity contribution in [3.05, 3.63) is 68.7 Å². The molecule has 24 heavy (non-hydrogen) atoms. The van der Waals surface area contributed by atoms with Crippen molar-refractivity contribution in [2.24, 2.45) is 0 Å². The molecule has 0 spiro atoms. The van der Waals surface area contributed by atoms with E-state index in [0.29, 0.717) is 0 Å². The quantitative estimate of drug-likeness (QED) is 0.470. The Bertz CT molecular complexity index is 732. The van der Waals surface area contributed by atoms with Crippen LogP contribution in [0, 0.1) is 10.1 Å². The molecule has 2 aromatic rings. The third-order valence-corrected chi connectivity index (χ3v) is 3.72. The first-order chi connectivity index (χ1) is 11.5. The number of ether oxygens (including phenoxy) is 1. The van der Waals surface area contributed by atoms with Gasteiger partial charge in [-0.15, -0.1) is 0 Å². The fourth-order valence-electron chi connectivity index (χ4n) is 2.05. The van der Waals surface area contributed by atoms with Crippen LogP contribution in [0.1, 0.15) is 22.8 Å². The van der Waals surface area contributed by atoms with Crippen LogP contribution in [-0.2, 0) is 6.42 Å². The van der Waals surface area contributed by atoms with Crippen molar-refractivity contribution in [3.63, 3.8) is 0 Å². The lowest BCUT2D eigenvalue weighted by atomic mass is 10.2. The van der Waals surface area contributed by atoms with Crippen molar-refractivity contribution in [1.29, 1.82) is 0 Å². The maximum absolute atomic E-state index is 12.1. The second kappa shape index (κ2) is 8.31. The topological polar surface area (TPSA) is 81.5 Å². The molecular formula is C17H17ClN2O4. The Hall–Kier alpha value is -2.60. The van der Waals surface area contributed by atoms with Crippen LogP contribution < -0.4 is 10.1 Å². The van der Waals surface area contributed by atoms with Gasteiger partial charge in [0.2, 0.25) is 0 Å². The van der Waals surface area contributed by atoms with Crippen molar-refractivity contribution < 1.29 is 14.5 Å². The third-order valence-electron chi connectivity index (χ3n) is 3.39. The Morgan fingerprint density at radius 2 is 1.96 bits per heavy atom. The number of benzene rings is 2. The summed E-state index contributed by atoms with van der Waals surface area (Å²) in [5, 5.41) is 13.5. The van der Waals surface area contributed by atoms with Gasteiger partial charge in [-0.2, -0.15) is 0 Å². The maximum Gasteiger partial charge on any atom is 0.270 e. The van der Waals surface area contributed by atoms with Crippen LogP contribution in [-0.4, -0.2) is 24.0 Å². The summed E-state index contributed by atoms with van der Waals surface area (Å²) in [6.07, 6.45) is 0.959. The number of nitro benzene ring substituents is 1. The average Bonchev–Trinajstić information content (AvgIpc) is 2.59. The van der Waals surface area contributed by atoms with Crippen LogP contribution in [0.4, 0.5) is 5.69 Å². The van der Waals surface area contributed by atoms with Crippen molar-refractivity contribution in [3.8, 4) is 5.75 Å². The number of nitrogens with zero attached hydrogens (tertiary/aromatic N) is 1. The monoisotopic (exact) mass is 348 g/mol. The van der Waals surface area contributed by atoms with Gasteiger partial charge in [0, 0.05) is 12.1 Å². The number of nitrogens with one attached hydrogen (secondary N) is 1. The number of amides is 1. The van der Waals surface area contributed by atoms with E-state index in [1.807, 2.05) is 24.3 Å². The van der Waals surface area contributed by atoms with E-state index in [9.17, 15) is 14.9 Å². The minimum Gasteiger partial charge on any atom is -0.492 e. The number of rotatable bonds is 7. The molecule has 0 atom stereocenters. The molecule has 0 radical (unpaired) electrons. The highest BCUT2D eigenvalue weighted by atomic mass is 35.5. The SMILES string of the molecule is CCc1ccc(OCCNC(=O)c2cc([N+](=O)[O-])ccc2Cl)cc1. The lowest BCUT2D eigenvalue weighted by Crippen LogP contribution is -2.28. The largest absolute Gasteiger partial charge is 0.492 e. The van der Waals surface area contributed by atoms with Gasteiger partial charge in [-0.05, 0) is 30.2 Å². The highest BCUT2D eigenvalue weighted by Gasteiger charge is 2.15. The van der Waals surface area contributed by atoms with E-state index in [1.165, 1.54) is 17.7 Å². The minimum absolute atomic E-state index is 0.0677. The molecule has 7 heteroatoms. The molecule has 0 saturated heterocycles. The van der Waals surface area contributed by atoms with Crippen LogP contribution >= 0.6 is 11.6 Å². The summed E-state index contributed by atoms with van der Waals surface area (Å²) in [7, 11) is 0. The summed E-state index contributed by atoms with van der Waals surface area (Å²) in [5.41, 5.74) is 1.10. The van der Waals surface area contributed by atoms with Gasteiger partial charge in [0.05, 0.1) is 22.1 Å². The Kier molecular flexibility index (Phi) is 6.14. The van der Waals surface area contributed by atoms with Crippen LogP contribution in [0.15, 0.2) is 42.5 Å². The van der Waals surface area contributed by atoms with Crippen molar-refractivity contribution in [2.75, 3.05) is 13.2 Å². The second-order valence-electron chi connectivity index (χ2n) is 5.02. The standard InChI is InChI=1S/C17H17ClN2O4/c1-2-12-3-6-14(7-4-12)24-10-9-19-17(21)15-11-13(20(22)23)5-8-16(15)18/h3-8,11H,2,9-10H2,1H3,(H,19,21). The van der Waals surface area contributed by atoms with E-state index >= 15 is 0 Å². The molecule has 0 aliphatic heterocycles. The third kappa shape index (κ3) is 4.70. The van der Waals surface area contributed by atoms with Gasteiger partial charge >= 0.3 is 0 Å². The smallest absolute Gasteiger partial charge is 0.270 e. The van der Waals surface area contributed by atoms with Gasteiger partial charge in [0.15, 0.2) is 0 Å². The predicted molar refractivity (Wildman–Crippen MR) is 91.8 cm³/mol. The molecule has 6 nitrogen and oxygen atoms in total. The summed E-state index contributed by atoms with van der Waals surface area (Å²) < 4.78 is 5.53. The number of hydrogen-bond acceptors (Lipinski definition) is 4. The summed E-state index contributed by atoms with van der Waals surface area (Å²) in [6.45, 7) is 2.61. The normalized spacial score (nSPS) is 10.2. The van der Waals surface area contributed by atoms with Gasteiger partial charge in [-0.3, -0.25) is 14.9 Å². The second-order valence-corrected chi connectivity index (χ2v) is 5.43. The molecule has 126 valence electrons. The number of carbonyl (C=O) groups is 1. The fraction of sp³-hybridized carbons (Fsp3) is 0.235. The molecule has 0 unspecified atom stereocenters. The molecule has 1 amide bonds. The van der Waals surface area contributed by atoms with Gasteiger partial charge in [-0.25, -0.2) is 0 Å². The van der Waals surface area contributed by atoms with Gasteiger partial charge in [0.25, 0.3) is 11.6 Å². The summed E-state index contributed by atoms with van der Waals surface area (Å²) in [4.78, 5) is 22.2. The predicted octanol–water partition coefficient (Wildman–Crippen LogP) is 3.62. The molecule has 2 aromatic carbocycles. The molecule has 0 heterocycles.